The highest BCUT2D eigenvalue weighted by Gasteiger charge is 2.23. The second-order valence-electron chi connectivity index (χ2n) is 17.8. The number of quaternary nitrogens is 1. The number of rotatable bonds is 44. The Morgan fingerprint density at radius 2 is 0.982 bits per heavy atom. The molecule has 3 atom stereocenters. The lowest BCUT2D eigenvalue weighted by Gasteiger charge is -2.29. The number of allylic oxidation sites excluding steroid dienone is 3. The molecule has 0 fully saturated rings. The van der Waals surface area contributed by atoms with Gasteiger partial charge < -0.3 is 28.8 Å². The SMILES string of the molecule is CCCCCC/C=C/CC/C=C/C(O)C(COP(=O)([O-])OCC[N+](C)(C)C)NC(=O)CCCCCCCCCCCCCCCCCCCCCCCCCCC. The fraction of sp³-hybridized carbons (Fsp3) is 0.896. The minimum absolute atomic E-state index is 0.00449. The zero-order valence-electron chi connectivity index (χ0n) is 38.3. The van der Waals surface area contributed by atoms with Crippen LogP contribution in [-0.2, 0) is 18.4 Å². The normalized spacial score (nSPS) is 14.4. The first-order valence-corrected chi connectivity index (χ1v) is 25.7. The smallest absolute Gasteiger partial charge is 0.268 e. The van der Waals surface area contributed by atoms with Gasteiger partial charge in [-0.2, -0.15) is 0 Å². The Kier molecular flexibility index (Phi) is 39.7. The molecular formula is C48H95N2O6P. The van der Waals surface area contributed by atoms with E-state index in [0.717, 1.165) is 38.5 Å². The molecule has 0 saturated carbocycles. The van der Waals surface area contributed by atoms with Crippen molar-refractivity contribution >= 4 is 13.7 Å². The summed E-state index contributed by atoms with van der Waals surface area (Å²) in [5.41, 5.74) is 0. The van der Waals surface area contributed by atoms with Crippen LogP contribution in [0.3, 0.4) is 0 Å². The van der Waals surface area contributed by atoms with Gasteiger partial charge >= 0.3 is 0 Å². The van der Waals surface area contributed by atoms with Gasteiger partial charge in [0.05, 0.1) is 39.9 Å². The highest BCUT2D eigenvalue weighted by atomic mass is 31.2. The molecule has 0 spiro atoms. The van der Waals surface area contributed by atoms with Crippen molar-refractivity contribution in [3.63, 3.8) is 0 Å². The van der Waals surface area contributed by atoms with E-state index in [9.17, 15) is 19.4 Å². The minimum atomic E-state index is -4.59. The van der Waals surface area contributed by atoms with Crippen molar-refractivity contribution in [3.8, 4) is 0 Å². The van der Waals surface area contributed by atoms with Gasteiger partial charge in [-0.3, -0.25) is 9.36 Å². The van der Waals surface area contributed by atoms with Crippen LogP contribution < -0.4 is 10.2 Å². The fourth-order valence-electron chi connectivity index (χ4n) is 7.05. The van der Waals surface area contributed by atoms with Crippen LogP contribution >= 0.6 is 7.82 Å². The Morgan fingerprint density at radius 3 is 1.42 bits per heavy atom. The minimum Gasteiger partial charge on any atom is -0.756 e. The van der Waals surface area contributed by atoms with Gasteiger partial charge in [0.2, 0.25) is 5.91 Å². The molecule has 0 aliphatic rings. The zero-order chi connectivity index (χ0) is 42.1. The Labute approximate surface area is 354 Å². The third-order valence-corrected chi connectivity index (χ3v) is 11.9. The van der Waals surface area contributed by atoms with E-state index in [1.165, 1.54) is 167 Å². The molecular weight excluding hydrogens is 732 g/mol. The molecule has 0 aliphatic heterocycles. The number of carbonyl (C=O) groups is 1. The van der Waals surface area contributed by atoms with E-state index in [2.05, 4.69) is 31.3 Å². The molecule has 9 heteroatoms. The molecule has 8 nitrogen and oxygen atoms in total. The molecule has 0 aromatic carbocycles. The second kappa shape index (κ2) is 40.4. The molecule has 3 unspecified atom stereocenters. The maximum atomic E-state index is 12.8. The maximum absolute atomic E-state index is 12.8. The number of likely N-dealkylation sites (N-methyl/N-ethyl adjacent to an activating group) is 1. The highest BCUT2D eigenvalue weighted by molar-refractivity contribution is 7.45. The van der Waals surface area contributed by atoms with Gasteiger partial charge in [-0.05, 0) is 32.1 Å². The summed E-state index contributed by atoms with van der Waals surface area (Å²) < 4.78 is 23.1. The van der Waals surface area contributed by atoms with E-state index in [1.54, 1.807) is 6.08 Å². The fourth-order valence-corrected chi connectivity index (χ4v) is 7.77. The van der Waals surface area contributed by atoms with E-state index in [-0.39, 0.29) is 19.1 Å². The average molecular weight is 827 g/mol. The van der Waals surface area contributed by atoms with Crippen LogP contribution in [0.25, 0.3) is 0 Å². The van der Waals surface area contributed by atoms with Crippen molar-refractivity contribution in [1.29, 1.82) is 0 Å². The van der Waals surface area contributed by atoms with Gasteiger partial charge in [0.15, 0.2) is 0 Å². The molecule has 0 radical (unpaired) electrons. The van der Waals surface area contributed by atoms with Crippen molar-refractivity contribution in [2.75, 3.05) is 40.9 Å². The Morgan fingerprint density at radius 1 is 0.596 bits per heavy atom. The molecule has 0 bridgehead atoms. The number of unbranched alkanes of at least 4 members (excludes halogenated alkanes) is 29. The number of carbonyl (C=O) groups excluding carboxylic acids is 1. The number of nitrogens with one attached hydrogen (secondary N) is 1. The van der Waals surface area contributed by atoms with Gasteiger partial charge in [0.1, 0.15) is 13.2 Å². The topological polar surface area (TPSA) is 108 Å². The number of hydrogen-bond donors (Lipinski definition) is 2. The molecule has 0 aromatic rings. The number of nitrogens with zero attached hydrogens (tertiary/aromatic N) is 1. The number of aliphatic hydroxyl groups is 1. The van der Waals surface area contributed by atoms with E-state index in [1.807, 2.05) is 27.2 Å². The molecule has 0 aromatic heterocycles. The number of amides is 1. The first kappa shape index (κ1) is 56.0. The number of phosphoric acid groups is 1. The second-order valence-corrected chi connectivity index (χ2v) is 19.2. The monoisotopic (exact) mass is 827 g/mol. The molecule has 2 N–H and O–H groups in total. The van der Waals surface area contributed by atoms with E-state index >= 15 is 0 Å². The molecule has 0 aliphatic carbocycles. The van der Waals surface area contributed by atoms with E-state index < -0.39 is 20.0 Å². The molecule has 0 saturated heterocycles. The highest BCUT2D eigenvalue weighted by Crippen LogP contribution is 2.38. The van der Waals surface area contributed by atoms with Gasteiger partial charge in [0.25, 0.3) is 7.82 Å². The predicted molar refractivity (Wildman–Crippen MR) is 242 cm³/mol. The maximum Gasteiger partial charge on any atom is 0.268 e. The van der Waals surface area contributed by atoms with Crippen LogP contribution in [0.1, 0.15) is 226 Å². The van der Waals surface area contributed by atoms with Gasteiger partial charge in [-0.25, -0.2) is 0 Å². The third kappa shape index (κ3) is 42.9. The largest absolute Gasteiger partial charge is 0.756 e. The summed E-state index contributed by atoms with van der Waals surface area (Å²) in [4.78, 5) is 25.3. The summed E-state index contributed by atoms with van der Waals surface area (Å²) in [6.45, 7) is 4.60. The van der Waals surface area contributed by atoms with Crippen molar-refractivity contribution in [2.24, 2.45) is 0 Å². The predicted octanol–water partition coefficient (Wildman–Crippen LogP) is 13.1. The molecule has 0 rings (SSSR count). The summed E-state index contributed by atoms with van der Waals surface area (Å²) in [5.74, 6) is -0.206. The quantitative estimate of drug-likeness (QED) is 0.0274. The van der Waals surface area contributed by atoms with Crippen molar-refractivity contribution in [1.82, 2.24) is 5.32 Å². The first-order chi connectivity index (χ1) is 27.5. The molecule has 1 amide bonds. The van der Waals surface area contributed by atoms with Gasteiger partial charge in [-0.1, -0.05) is 212 Å². The number of aliphatic hydroxyl groups excluding tert-OH is 1. The van der Waals surface area contributed by atoms with Gasteiger partial charge in [-0.15, -0.1) is 0 Å². The lowest BCUT2D eigenvalue weighted by molar-refractivity contribution is -0.870. The lowest BCUT2D eigenvalue weighted by Crippen LogP contribution is -2.45. The van der Waals surface area contributed by atoms with Crippen LogP contribution in [0, 0.1) is 0 Å². The van der Waals surface area contributed by atoms with Gasteiger partial charge in [0, 0.05) is 6.42 Å². The number of phosphoric ester groups is 1. The van der Waals surface area contributed by atoms with Crippen LogP contribution in [0.5, 0.6) is 0 Å². The standard InChI is InChI=1S/C48H95N2O6P/c1-6-8-10-12-14-16-18-19-20-21-22-23-24-25-26-27-28-29-30-31-32-34-36-38-40-42-48(52)49-46(45-56-57(53,54)55-44-43-50(3,4)5)47(51)41-39-37-35-33-17-15-13-11-9-7-2/h17,33,39,41,46-47,51H,6-16,18-32,34-38,40,42-45H2,1-5H3,(H-,49,52,53,54)/b33-17+,41-39+. The van der Waals surface area contributed by atoms with Crippen molar-refractivity contribution in [2.45, 2.75) is 238 Å². The Balaban J connectivity index is 4.13. The summed E-state index contributed by atoms with van der Waals surface area (Å²) >= 11 is 0. The van der Waals surface area contributed by atoms with E-state index in [4.69, 9.17) is 9.05 Å². The summed E-state index contributed by atoms with van der Waals surface area (Å²) in [5, 5.41) is 13.7. The third-order valence-electron chi connectivity index (χ3n) is 10.9. The average Bonchev–Trinajstić information content (AvgIpc) is 3.16. The van der Waals surface area contributed by atoms with Crippen LogP contribution in [0.2, 0.25) is 0 Å². The number of hydrogen-bond acceptors (Lipinski definition) is 6. The van der Waals surface area contributed by atoms with Crippen LogP contribution in [0.15, 0.2) is 24.3 Å². The molecule has 338 valence electrons. The molecule has 57 heavy (non-hydrogen) atoms. The van der Waals surface area contributed by atoms with Crippen molar-refractivity contribution in [3.05, 3.63) is 24.3 Å². The zero-order valence-corrected chi connectivity index (χ0v) is 39.2. The molecule has 0 heterocycles. The van der Waals surface area contributed by atoms with Crippen LogP contribution in [0.4, 0.5) is 0 Å². The first-order valence-electron chi connectivity index (χ1n) is 24.2. The lowest BCUT2D eigenvalue weighted by atomic mass is 10.0. The van der Waals surface area contributed by atoms with Crippen molar-refractivity contribution < 1.29 is 32.9 Å². The van der Waals surface area contributed by atoms with E-state index in [0.29, 0.717) is 17.4 Å². The van der Waals surface area contributed by atoms with Crippen LogP contribution in [-0.4, -0.2) is 68.5 Å². The Hall–Kier alpha value is -1.02. The summed E-state index contributed by atoms with van der Waals surface area (Å²) in [6, 6.07) is -0.897. The Bertz CT molecular complexity index is 984. The summed E-state index contributed by atoms with van der Waals surface area (Å²) in [7, 11) is 1.25. The summed E-state index contributed by atoms with van der Waals surface area (Å²) in [6.07, 6.45) is 48.3.